The number of nitrogens with one attached hydrogen (secondary N) is 1. The van der Waals surface area contributed by atoms with Crippen LogP contribution in [0.3, 0.4) is 0 Å². The molecule has 196 valence electrons. The van der Waals surface area contributed by atoms with Gasteiger partial charge >= 0.3 is 6.09 Å². The molecule has 0 aliphatic carbocycles. The number of piperazine rings is 1. The molecule has 2 aliphatic heterocycles. The number of rotatable bonds is 7. The number of benzene rings is 2. The Labute approximate surface area is 228 Å². The molecule has 0 spiro atoms. The van der Waals surface area contributed by atoms with Crippen molar-refractivity contribution in [3.63, 3.8) is 0 Å². The van der Waals surface area contributed by atoms with Crippen LogP contribution in [-0.4, -0.2) is 60.8 Å². The van der Waals surface area contributed by atoms with E-state index in [4.69, 9.17) is 21.2 Å². The third-order valence-electron chi connectivity index (χ3n) is 6.22. The van der Waals surface area contributed by atoms with Gasteiger partial charge in [0.25, 0.3) is 5.91 Å². The number of halogens is 1. The minimum atomic E-state index is -0.499. The third-order valence-corrected chi connectivity index (χ3v) is 7.45. The van der Waals surface area contributed by atoms with Gasteiger partial charge in [0.05, 0.1) is 21.5 Å². The van der Waals surface area contributed by atoms with Crippen LogP contribution in [0.25, 0.3) is 0 Å². The second-order valence-electron chi connectivity index (χ2n) is 8.84. The molecule has 11 heteroatoms. The number of hydrogen-bond acceptors (Lipinski definition) is 7. The molecule has 2 aromatic carbocycles. The van der Waals surface area contributed by atoms with Crippen molar-refractivity contribution in [2.24, 2.45) is 5.16 Å². The van der Waals surface area contributed by atoms with Gasteiger partial charge in [-0.2, -0.15) is 0 Å². The monoisotopic (exact) mass is 552 g/mol. The number of oxime groups is 1. The van der Waals surface area contributed by atoms with E-state index < -0.39 is 6.09 Å². The lowest BCUT2D eigenvalue weighted by Gasteiger charge is -2.33. The van der Waals surface area contributed by atoms with Gasteiger partial charge in [-0.3, -0.25) is 14.5 Å². The van der Waals surface area contributed by atoms with Crippen molar-refractivity contribution in [1.29, 1.82) is 0 Å². The van der Waals surface area contributed by atoms with E-state index in [2.05, 4.69) is 10.5 Å². The zero-order valence-electron chi connectivity index (χ0n) is 20.3. The van der Waals surface area contributed by atoms with Gasteiger partial charge in [0.15, 0.2) is 0 Å². The highest BCUT2D eigenvalue weighted by Crippen LogP contribution is 2.23. The fourth-order valence-corrected chi connectivity index (χ4v) is 5.14. The Hall–Kier alpha value is -3.89. The maximum atomic E-state index is 12.8. The molecule has 5 rings (SSSR count). The van der Waals surface area contributed by atoms with Crippen LogP contribution in [-0.2, 0) is 21.0 Å². The summed E-state index contributed by atoms with van der Waals surface area (Å²) in [7, 11) is 0. The summed E-state index contributed by atoms with van der Waals surface area (Å²) >= 11 is 7.11. The van der Waals surface area contributed by atoms with Crippen LogP contribution in [0, 0.1) is 0 Å². The zero-order valence-corrected chi connectivity index (χ0v) is 21.9. The van der Waals surface area contributed by atoms with Gasteiger partial charge < -0.3 is 19.8 Å². The number of amides is 3. The first kappa shape index (κ1) is 25.7. The molecule has 3 heterocycles. The van der Waals surface area contributed by atoms with E-state index in [9.17, 15) is 14.4 Å². The van der Waals surface area contributed by atoms with Crippen LogP contribution in [0.15, 0.2) is 71.9 Å². The molecule has 9 nitrogen and oxygen atoms in total. The van der Waals surface area contributed by atoms with Crippen LogP contribution < -0.4 is 10.2 Å². The molecule has 0 bridgehead atoms. The Morgan fingerprint density at radius 2 is 1.87 bits per heavy atom. The van der Waals surface area contributed by atoms with Crippen LogP contribution >= 0.6 is 22.9 Å². The van der Waals surface area contributed by atoms with Gasteiger partial charge in [0.1, 0.15) is 19.3 Å². The fraction of sp³-hybridized carbons (Fsp3) is 0.259. The Bertz CT molecular complexity index is 1350. The van der Waals surface area contributed by atoms with Crippen molar-refractivity contribution >= 4 is 52.2 Å². The van der Waals surface area contributed by atoms with Crippen LogP contribution in [0.5, 0.6) is 0 Å². The predicted octanol–water partition coefficient (Wildman–Crippen LogP) is 4.31. The van der Waals surface area contributed by atoms with Crippen LogP contribution in [0.4, 0.5) is 10.5 Å². The summed E-state index contributed by atoms with van der Waals surface area (Å²) in [6.45, 7) is 1.21. The van der Waals surface area contributed by atoms with E-state index in [-0.39, 0.29) is 31.1 Å². The molecule has 1 N–H and O–H groups in total. The summed E-state index contributed by atoms with van der Waals surface area (Å²) in [5.41, 5.74) is 3.28. The lowest BCUT2D eigenvalue weighted by Crippen LogP contribution is -2.52. The Balaban J connectivity index is 1.09. The van der Waals surface area contributed by atoms with Crippen molar-refractivity contribution in [2.75, 3.05) is 31.1 Å². The lowest BCUT2D eigenvalue weighted by atomic mass is 10.0. The number of hydrogen-bond donors (Lipinski definition) is 1. The summed E-state index contributed by atoms with van der Waals surface area (Å²) < 4.78 is 5.92. The lowest BCUT2D eigenvalue weighted by molar-refractivity contribution is -0.120. The number of anilines is 1. The van der Waals surface area contributed by atoms with Gasteiger partial charge in [-0.1, -0.05) is 59.2 Å². The standard InChI is InChI=1S/C27H25ClN4O5S/c28-24-11-10-23(38-24)26(34)29-15-21-14-22(30-37-21)19-6-8-20(9-7-19)32-13-12-31(16-25(32)33)27(35)36-17-18-4-2-1-3-5-18/h1-11,21H,12-17H2,(H,29,34). The van der Waals surface area contributed by atoms with Crippen molar-refractivity contribution in [1.82, 2.24) is 10.2 Å². The molecule has 2 aliphatic rings. The van der Waals surface area contributed by atoms with E-state index in [1.807, 2.05) is 54.6 Å². The topological polar surface area (TPSA) is 101 Å². The quantitative estimate of drug-likeness (QED) is 0.471. The van der Waals surface area contributed by atoms with E-state index >= 15 is 0 Å². The first-order chi connectivity index (χ1) is 18.5. The van der Waals surface area contributed by atoms with Gasteiger partial charge in [-0.25, -0.2) is 4.79 Å². The fourth-order valence-electron chi connectivity index (χ4n) is 4.18. The molecule has 1 aromatic heterocycles. The second-order valence-corrected chi connectivity index (χ2v) is 10.6. The molecule has 1 fully saturated rings. The maximum absolute atomic E-state index is 12.8. The Kier molecular flexibility index (Phi) is 7.90. The Morgan fingerprint density at radius 1 is 1.08 bits per heavy atom. The second kappa shape index (κ2) is 11.7. The molecule has 0 saturated carbocycles. The first-order valence-electron chi connectivity index (χ1n) is 12.1. The van der Waals surface area contributed by atoms with Crippen molar-refractivity contribution in [3.8, 4) is 0 Å². The number of carbonyl (C=O) groups excluding carboxylic acids is 3. The van der Waals surface area contributed by atoms with E-state index in [1.165, 1.54) is 16.2 Å². The minimum absolute atomic E-state index is 0.0407. The minimum Gasteiger partial charge on any atom is -0.445 e. The van der Waals surface area contributed by atoms with Crippen LogP contribution in [0.2, 0.25) is 4.34 Å². The highest BCUT2D eigenvalue weighted by molar-refractivity contribution is 7.18. The average Bonchev–Trinajstić information content (AvgIpc) is 3.60. The summed E-state index contributed by atoms with van der Waals surface area (Å²) in [4.78, 5) is 46.5. The molecule has 1 atom stereocenters. The maximum Gasteiger partial charge on any atom is 0.410 e. The third kappa shape index (κ3) is 6.15. The predicted molar refractivity (Wildman–Crippen MR) is 145 cm³/mol. The number of ether oxygens (including phenoxy) is 1. The molecule has 1 saturated heterocycles. The van der Waals surface area contributed by atoms with E-state index in [1.54, 1.807) is 17.0 Å². The summed E-state index contributed by atoms with van der Waals surface area (Å²) in [5, 5.41) is 7.02. The Morgan fingerprint density at radius 3 is 2.58 bits per heavy atom. The molecule has 38 heavy (non-hydrogen) atoms. The highest BCUT2D eigenvalue weighted by atomic mass is 35.5. The normalized spacial score (nSPS) is 17.1. The largest absolute Gasteiger partial charge is 0.445 e. The summed E-state index contributed by atoms with van der Waals surface area (Å²) in [6, 6.07) is 20.3. The number of thiophene rings is 1. The van der Waals surface area contributed by atoms with Gasteiger partial charge in [0.2, 0.25) is 5.91 Å². The van der Waals surface area contributed by atoms with Crippen molar-refractivity contribution in [2.45, 2.75) is 19.1 Å². The number of nitrogens with zero attached hydrogens (tertiary/aromatic N) is 3. The van der Waals surface area contributed by atoms with Gasteiger partial charge in [0, 0.05) is 25.2 Å². The van der Waals surface area contributed by atoms with Crippen molar-refractivity contribution in [3.05, 3.63) is 87.1 Å². The molecule has 1 unspecified atom stereocenters. The molecular formula is C27H25ClN4O5S. The smallest absolute Gasteiger partial charge is 0.410 e. The molecule has 0 radical (unpaired) electrons. The zero-order chi connectivity index (χ0) is 26.5. The number of carbonyl (C=O) groups is 3. The molecule has 3 amide bonds. The van der Waals surface area contributed by atoms with E-state index in [0.29, 0.717) is 35.3 Å². The van der Waals surface area contributed by atoms with E-state index in [0.717, 1.165) is 22.5 Å². The van der Waals surface area contributed by atoms with Gasteiger partial charge in [-0.15, -0.1) is 11.3 Å². The summed E-state index contributed by atoms with van der Waals surface area (Å²) in [5.74, 6) is -0.373. The molecular weight excluding hydrogens is 528 g/mol. The first-order valence-corrected chi connectivity index (χ1v) is 13.3. The molecule has 3 aromatic rings. The van der Waals surface area contributed by atoms with Crippen molar-refractivity contribution < 1.29 is 24.0 Å². The average molecular weight is 553 g/mol. The highest BCUT2D eigenvalue weighted by Gasteiger charge is 2.29. The SMILES string of the molecule is O=C(NCC1CC(c2ccc(N3CCN(C(=O)OCc4ccccc4)CC3=O)cc2)=NO1)c1ccc(Cl)s1. The summed E-state index contributed by atoms with van der Waals surface area (Å²) in [6.07, 6.45) is -0.213. The van der Waals surface area contributed by atoms with Crippen LogP contribution in [0.1, 0.15) is 27.2 Å². The van der Waals surface area contributed by atoms with Gasteiger partial charge in [-0.05, 0) is 35.4 Å².